The van der Waals surface area contributed by atoms with Crippen molar-refractivity contribution in [1.82, 2.24) is 4.90 Å². The summed E-state index contributed by atoms with van der Waals surface area (Å²) in [5, 5.41) is 0. The topological polar surface area (TPSA) is 3.24 Å². The zero-order valence-corrected chi connectivity index (χ0v) is 11.2. The predicted octanol–water partition coefficient (Wildman–Crippen LogP) is 3.75. The maximum absolute atomic E-state index is 2.41. The third-order valence-corrected chi connectivity index (χ3v) is 3.40. The van der Waals surface area contributed by atoms with Crippen LogP contribution in [0.15, 0.2) is 60.7 Å². The van der Waals surface area contributed by atoms with Gasteiger partial charge in [0.2, 0.25) is 0 Å². The van der Waals surface area contributed by atoms with Crippen LogP contribution in [-0.4, -0.2) is 18.0 Å². The Morgan fingerprint density at radius 2 is 1.39 bits per heavy atom. The van der Waals surface area contributed by atoms with Crippen molar-refractivity contribution in [3.8, 4) is 0 Å². The number of hydrogen-bond donors (Lipinski definition) is 0. The summed E-state index contributed by atoms with van der Waals surface area (Å²) in [7, 11) is 2.20. The molecule has 0 unspecified atom stereocenters. The van der Waals surface area contributed by atoms with Gasteiger partial charge in [-0.25, -0.2) is 0 Å². The largest absolute Gasteiger partial charge is 0.299 e. The van der Waals surface area contributed by atoms with Crippen molar-refractivity contribution in [1.29, 1.82) is 0 Å². The van der Waals surface area contributed by atoms with Gasteiger partial charge in [0.05, 0.1) is 0 Å². The van der Waals surface area contributed by atoms with E-state index in [-0.39, 0.29) is 0 Å². The van der Waals surface area contributed by atoms with Crippen LogP contribution in [-0.2, 0) is 13.0 Å². The van der Waals surface area contributed by atoms with Crippen molar-refractivity contribution in [3.05, 3.63) is 71.8 Å². The van der Waals surface area contributed by atoms with Gasteiger partial charge in [-0.1, -0.05) is 60.7 Å². The van der Waals surface area contributed by atoms with Gasteiger partial charge in [-0.2, -0.15) is 0 Å². The molecule has 0 aromatic heterocycles. The van der Waals surface area contributed by atoms with Crippen molar-refractivity contribution in [2.45, 2.75) is 25.9 Å². The molecule has 0 spiro atoms. The summed E-state index contributed by atoms with van der Waals surface area (Å²) in [5.74, 6) is 0. The maximum Gasteiger partial charge on any atom is 0.0233 e. The van der Waals surface area contributed by atoms with E-state index in [1.54, 1.807) is 0 Å². The second-order valence-electron chi connectivity index (χ2n) is 4.94. The quantitative estimate of drug-likeness (QED) is 0.770. The van der Waals surface area contributed by atoms with Crippen LogP contribution >= 0.6 is 0 Å². The van der Waals surface area contributed by atoms with Gasteiger partial charge in [0.1, 0.15) is 0 Å². The van der Waals surface area contributed by atoms with Crippen LogP contribution in [0.2, 0.25) is 0 Å². The van der Waals surface area contributed by atoms with E-state index in [2.05, 4.69) is 79.5 Å². The molecular weight excluding hydrogens is 220 g/mol. The van der Waals surface area contributed by atoms with Gasteiger partial charge < -0.3 is 0 Å². The van der Waals surface area contributed by atoms with E-state index in [0.717, 1.165) is 13.0 Å². The van der Waals surface area contributed by atoms with Gasteiger partial charge in [0.15, 0.2) is 0 Å². The van der Waals surface area contributed by atoms with Gasteiger partial charge >= 0.3 is 0 Å². The number of rotatable bonds is 5. The molecule has 18 heavy (non-hydrogen) atoms. The molecule has 0 aliphatic carbocycles. The summed E-state index contributed by atoms with van der Waals surface area (Å²) in [6.07, 6.45) is 1.10. The van der Waals surface area contributed by atoms with Crippen molar-refractivity contribution in [2.75, 3.05) is 7.05 Å². The Bertz CT molecular complexity index is 404. The molecule has 0 radical (unpaired) electrons. The van der Waals surface area contributed by atoms with E-state index in [1.807, 2.05) is 0 Å². The Balaban J connectivity index is 1.91. The van der Waals surface area contributed by atoms with Crippen LogP contribution in [0, 0.1) is 0 Å². The lowest BCUT2D eigenvalue weighted by Gasteiger charge is -2.24. The first kappa shape index (κ1) is 12.8. The molecule has 2 aromatic carbocycles. The molecule has 1 heteroatoms. The molecule has 0 saturated heterocycles. The van der Waals surface area contributed by atoms with Crippen LogP contribution < -0.4 is 0 Å². The first-order valence-electron chi connectivity index (χ1n) is 6.54. The fraction of sp³-hybridized carbons (Fsp3) is 0.294. The molecule has 0 amide bonds. The molecular formula is C17H21N. The maximum atomic E-state index is 2.41. The zero-order chi connectivity index (χ0) is 12.8. The molecule has 2 aromatic rings. The lowest BCUT2D eigenvalue weighted by atomic mass is 10.1. The molecule has 0 aliphatic heterocycles. The van der Waals surface area contributed by atoms with Gasteiger partial charge in [-0.3, -0.25) is 4.90 Å². The summed E-state index contributed by atoms with van der Waals surface area (Å²) in [5.41, 5.74) is 2.78. The fourth-order valence-electron chi connectivity index (χ4n) is 2.14. The summed E-state index contributed by atoms with van der Waals surface area (Å²) in [6, 6.07) is 21.9. The first-order valence-corrected chi connectivity index (χ1v) is 6.54. The zero-order valence-electron chi connectivity index (χ0n) is 11.2. The van der Waals surface area contributed by atoms with E-state index in [0.29, 0.717) is 6.04 Å². The van der Waals surface area contributed by atoms with E-state index in [9.17, 15) is 0 Å². The fourth-order valence-corrected chi connectivity index (χ4v) is 2.14. The van der Waals surface area contributed by atoms with Crippen LogP contribution in [0.5, 0.6) is 0 Å². The normalized spacial score (nSPS) is 12.6. The van der Waals surface area contributed by atoms with Gasteiger partial charge in [0, 0.05) is 12.6 Å². The average molecular weight is 241 g/mol. The highest BCUT2D eigenvalue weighted by Gasteiger charge is 2.09. The van der Waals surface area contributed by atoms with Gasteiger partial charge in [-0.15, -0.1) is 0 Å². The molecule has 2 rings (SSSR count). The minimum absolute atomic E-state index is 0.549. The van der Waals surface area contributed by atoms with Crippen LogP contribution in [0.25, 0.3) is 0 Å². The Morgan fingerprint density at radius 1 is 0.889 bits per heavy atom. The first-order chi connectivity index (χ1) is 8.75. The monoisotopic (exact) mass is 241 g/mol. The minimum Gasteiger partial charge on any atom is -0.299 e. The lowest BCUT2D eigenvalue weighted by molar-refractivity contribution is 0.248. The molecule has 1 nitrogen and oxygen atoms in total. The number of likely N-dealkylation sites (N-methyl/N-ethyl adjacent to an activating group) is 1. The van der Waals surface area contributed by atoms with E-state index < -0.39 is 0 Å². The van der Waals surface area contributed by atoms with Crippen molar-refractivity contribution in [2.24, 2.45) is 0 Å². The van der Waals surface area contributed by atoms with Crippen LogP contribution in [0.1, 0.15) is 18.1 Å². The SMILES string of the molecule is C[C@@H](Cc1ccccc1)N([14CH3])Cc1ccccc1. The standard InChI is InChI=1S/C17H21N/c1-15(13-16-9-5-3-6-10-16)18(2)14-17-11-7-4-8-12-17/h3-12,15H,13-14H2,1-2H3/t15-/m0/s1/i2+2. The molecule has 94 valence electrons. The lowest BCUT2D eigenvalue weighted by Crippen LogP contribution is -2.30. The molecule has 1 atom stereocenters. The second kappa shape index (κ2) is 6.36. The summed E-state index contributed by atoms with van der Waals surface area (Å²) >= 11 is 0. The van der Waals surface area contributed by atoms with E-state index >= 15 is 0 Å². The van der Waals surface area contributed by atoms with Crippen LogP contribution in [0.4, 0.5) is 0 Å². The average Bonchev–Trinajstić information content (AvgIpc) is 2.41. The third kappa shape index (κ3) is 3.71. The predicted molar refractivity (Wildman–Crippen MR) is 77.5 cm³/mol. The van der Waals surface area contributed by atoms with Gasteiger partial charge in [0.25, 0.3) is 0 Å². The van der Waals surface area contributed by atoms with Crippen molar-refractivity contribution in [3.63, 3.8) is 0 Å². The van der Waals surface area contributed by atoms with Crippen LogP contribution in [0.3, 0.4) is 0 Å². The van der Waals surface area contributed by atoms with E-state index in [1.165, 1.54) is 11.1 Å². The molecule has 0 fully saturated rings. The summed E-state index contributed by atoms with van der Waals surface area (Å²) in [6.45, 7) is 3.30. The smallest absolute Gasteiger partial charge is 0.0233 e. The molecule has 0 heterocycles. The highest BCUT2D eigenvalue weighted by molar-refractivity contribution is 5.17. The molecule has 0 aliphatic rings. The molecule has 0 saturated carbocycles. The Morgan fingerprint density at radius 3 is 1.94 bits per heavy atom. The Hall–Kier alpha value is -1.60. The number of hydrogen-bond acceptors (Lipinski definition) is 1. The summed E-state index contributed by atoms with van der Waals surface area (Å²) in [4.78, 5) is 2.41. The Labute approximate surface area is 110 Å². The van der Waals surface area contributed by atoms with Gasteiger partial charge in [-0.05, 0) is 31.5 Å². The summed E-state index contributed by atoms with van der Waals surface area (Å²) < 4.78 is 0. The highest BCUT2D eigenvalue weighted by Crippen LogP contribution is 2.10. The highest BCUT2D eigenvalue weighted by atomic mass is 15.4. The van der Waals surface area contributed by atoms with E-state index in [4.69, 9.17) is 0 Å². The molecule has 0 N–H and O–H groups in total. The Kier molecular flexibility index (Phi) is 4.54. The third-order valence-electron chi connectivity index (χ3n) is 3.40. The number of benzene rings is 2. The number of nitrogens with zero attached hydrogens (tertiary/aromatic N) is 1. The molecule has 0 bridgehead atoms. The van der Waals surface area contributed by atoms with Crippen molar-refractivity contribution >= 4 is 0 Å². The second-order valence-corrected chi connectivity index (χ2v) is 4.94. The minimum atomic E-state index is 0.549. The van der Waals surface area contributed by atoms with Crippen molar-refractivity contribution < 1.29 is 0 Å².